The Bertz CT molecular complexity index is 561. The van der Waals surface area contributed by atoms with Crippen molar-refractivity contribution in [2.45, 2.75) is 19.9 Å². The van der Waals surface area contributed by atoms with Crippen LogP contribution >= 0.6 is 15.9 Å². The molecule has 2 rings (SSSR count). The molecule has 0 saturated carbocycles. The van der Waals surface area contributed by atoms with Crippen LogP contribution in [0.15, 0.2) is 22.7 Å². The minimum Gasteiger partial charge on any atom is -0.481 e. The quantitative estimate of drug-likeness (QED) is 0.872. The minimum absolute atomic E-state index is 0.182. The number of carboxylic acid groups (broad SMARTS) is 1. The van der Waals surface area contributed by atoms with Crippen molar-refractivity contribution in [2.75, 3.05) is 13.1 Å². The van der Waals surface area contributed by atoms with E-state index in [1.54, 1.807) is 13.0 Å². The van der Waals surface area contributed by atoms with Crippen molar-refractivity contribution in [3.8, 4) is 0 Å². The number of likely N-dealkylation sites (tertiary alicyclic amines) is 1. The van der Waals surface area contributed by atoms with Crippen LogP contribution in [0.4, 0.5) is 9.18 Å². The molecular formula is C14H16BrFN2O3. The van der Waals surface area contributed by atoms with E-state index in [2.05, 4.69) is 21.2 Å². The SMILES string of the molecule is CC1(C(=O)O)CCN(C(=O)NCc2cc(F)cc(Br)c2)C1. The van der Waals surface area contributed by atoms with E-state index >= 15 is 0 Å². The Hall–Kier alpha value is -1.63. The van der Waals surface area contributed by atoms with Gasteiger partial charge in [-0.15, -0.1) is 0 Å². The van der Waals surface area contributed by atoms with Crippen LogP contribution < -0.4 is 5.32 Å². The Morgan fingerprint density at radius 1 is 1.48 bits per heavy atom. The van der Waals surface area contributed by atoms with Crippen molar-refractivity contribution in [2.24, 2.45) is 5.41 Å². The van der Waals surface area contributed by atoms with E-state index in [0.717, 1.165) is 0 Å². The third-order valence-corrected chi connectivity index (χ3v) is 4.10. The van der Waals surface area contributed by atoms with Gasteiger partial charge >= 0.3 is 12.0 Å². The predicted octanol–water partition coefficient (Wildman–Crippen LogP) is 2.59. The molecule has 0 spiro atoms. The standard InChI is InChI=1S/C14H16BrFN2O3/c1-14(12(19)20)2-3-18(8-14)13(21)17-7-9-4-10(15)6-11(16)5-9/h4-6H,2-3,7-8H2,1H3,(H,17,21)(H,19,20). The summed E-state index contributed by atoms with van der Waals surface area (Å²) >= 11 is 3.19. The van der Waals surface area contributed by atoms with Crippen molar-refractivity contribution in [3.05, 3.63) is 34.1 Å². The van der Waals surface area contributed by atoms with Gasteiger partial charge in [-0.2, -0.15) is 0 Å². The lowest BCUT2D eigenvalue weighted by molar-refractivity contribution is -0.147. The Balaban J connectivity index is 1.92. The number of aliphatic carboxylic acids is 1. The van der Waals surface area contributed by atoms with Crippen LogP contribution in [0, 0.1) is 11.2 Å². The van der Waals surface area contributed by atoms with Crippen LogP contribution in [0.5, 0.6) is 0 Å². The van der Waals surface area contributed by atoms with Gasteiger partial charge in [-0.25, -0.2) is 9.18 Å². The van der Waals surface area contributed by atoms with Crippen LogP contribution in [0.3, 0.4) is 0 Å². The summed E-state index contributed by atoms with van der Waals surface area (Å²) in [6.07, 6.45) is 0.432. The van der Waals surface area contributed by atoms with Gasteiger partial charge in [-0.05, 0) is 37.1 Å². The molecule has 7 heteroatoms. The Labute approximate surface area is 130 Å². The van der Waals surface area contributed by atoms with Crippen LogP contribution in [0.1, 0.15) is 18.9 Å². The van der Waals surface area contributed by atoms with Gasteiger partial charge in [-0.3, -0.25) is 4.79 Å². The lowest BCUT2D eigenvalue weighted by Crippen LogP contribution is -2.40. The molecule has 1 aliphatic rings. The molecule has 2 amide bonds. The van der Waals surface area contributed by atoms with Gasteiger partial charge in [0.05, 0.1) is 5.41 Å². The molecule has 21 heavy (non-hydrogen) atoms. The average Bonchev–Trinajstić information content (AvgIpc) is 2.79. The smallest absolute Gasteiger partial charge is 0.317 e. The third kappa shape index (κ3) is 3.72. The van der Waals surface area contributed by atoms with Crippen LogP contribution in [0.25, 0.3) is 0 Å². The van der Waals surface area contributed by atoms with E-state index in [-0.39, 0.29) is 24.9 Å². The number of carbonyl (C=O) groups is 2. The van der Waals surface area contributed by atoms with Crippen LogP contribution in [-0.4, -0.2) is 35.1 Å². The number of nitrogens with one attached hydrogen (secondary N) is 1. The summed E-state index contributed by atoms with van der Waals surface area (Å²) in [5, 5.41) is 11.8. The fraction of sp³-hybridized carbons (Fsp3) is 0.429. The highest BCUT2D eigenvalue weighted by Crippen LogP contribution is 2.30. The maximum Gasteiger partial charge on any atom is 0.317 e. The molecule has 1 aromatic carbocycles. The molecular weight excluding hydrogens is 343 g/mol. The zero-order valence-corrected chi connectivity index (χ0v) is 13.1. The van der Waals surface area contributed by atoms with E-state index in [1.807, 2.05) is 0 Å². The molecule has 1 aliphatic heterocycles. The van der Waals surface area contributed by atoms with Crippen molar-refractivity contribution in [1.82, 2.24) is 10.2 Å². The number of nitrogens with zero attached hydrogens (tertiary/aromatic N) is 1. The maximum atomic E-state index is 13.2. The Morgan fingerprint density at radius 2 is 2.19 bits per heavy atom. The molecule has 0 aromatic heterocycles. The molecule has 2 N–H and O–H groups in total. The minimum atomic E-state index is -0.896. The molecule has 5 nitrogen and oxygen atoms in total. The van der Waals surface area contributed by atoms with E-state index in [9.17, 15) is 14.0 Å². The zero-order valence-electron chi connectivity index (χ0n) is 11.5. The molecule has 1 heterocycles. The van der Waals surface area contributed by atoms with Crippen LogP contribution in [0.2, 0.25) is 0 Å². The monoisotopic (exact) mass is 358 g/mol. The second kappa shape index (κ2) is 6.01. The lowest BCUT2D eigenvalue weighted by Gasteiger charge is -2.20. The number of rotatable bonds is 3. The highest BCUT2D eigenvalue weighted by atomic mass is 79.9. The first-order valence-electron chi connectivity index (χ1n) is 6.51. The number of urea groups is 1. The van der Waals surface area contributed by atoms with Gasteiger partial charge in [0, 0.05) is 24.1 Å². The normalized spacial score (nSPS) is 21.4. The first-order valence-corrected chi connectivity index (χ1v) is 7.31. The number of carbonyl (C=O) groups excluding carboxylic acids is 1. The second-order valence-corrected chi connectivity index (χ2v) is 6.39. The van der Waals surface area contributed by atoms with Crippen molar-refractivity contribution < 1.29 is 19.1 Å². The molecule has 1 unspecified atom stereocenters. The Morgan fingerprint density at radius 3 is 2.76 bits per heavy atom. The van der Waals surface area contributed by atoms with Gasteiger partial charge in [0.25, 0.3) is 0 Å². The summed E-state index contributed by atoms with van der Waals surface area (Å²) in [6.45, 7) is 2.41. The largest absolute Gasteiger partial charge is 0.481 e. The van der Waals surface area contributed by atoms with Gasteiger partial charge in [0.2, 0.25) is 0 Å². The summed E-state index contributed by atoms with van der Waals surface area (Å²) in [6, 6.07) is 4.06. The highest BCUT2D eigenvalue weighted by Gasteiger charge is 2.42. The number of hydrogen-bond acceptors (Lipinski definition) is 2. The maximum absolute atomic E-state index is 13.2. The fourth-order valence-corrected chi connectivity index (χ4v) is 2.82. The van der Waals surface area contributed by atoms with Gasteiger partial charge in [0.15, 0.2) is 0 Å². The highest BCUT2D eigenvalue weighted by molar-refractivity contribution is 9.10. The molecule has 1 saturated heterocycles. The zero-order chi connectivity index (χ0) is 15.6. The molecule has 0 bridgehead atoms. The lowest BCUT2D eigenvalue weighted by atomic mass is 9.90. The van der Waals surface area contributed by atoms with Crippen molar-refractivity contribution in [1.29, 1.82) is 0 Å². The van der Waals surface area contributed by atoms with Crippen molar-refractivity contribution in [3.63, 3.8) is 0 Å². The van der Waals surface area contributed by atoms with Gasteiger partial charge < -0.3 is 15.3 Å². The molecule has 114 valence electrons. The number of amides is 2. The van der Waals surface area contributed by atoms with E-state index in [4.69, 9.17) is 5.11 Å². The van der Waals surface area contributed by atoms with Gasteiger partial charge in [-0.1, -0.05) is 15.9 Å². The molecule has 1 atom stereocenters. The summed E-state index contributed by atoms with van der Waals surface area (Å²) in [4.78, 5) is 24.6. The third-order valence-electron chi connectivity index (χ3n) is 3.64. The van der Waals surface area contributed by atoms with E-state index < -0.39 is 11.4 Å². The topological polar surface area (TPSA) is 69.6 Å². The molecule has 1 fully saturated rings. The summed E-state index contributed by atoms with van der Waals surface area (Å²) < 4.78 is 13.8. The summed E-state index contributed by atoms with van der Waals surface area (Å²) in [7, 11) is 0. The van der Waals surface area contributed by atoms with E-state index in [0.29, 0.717) is 23.0 Å². The number of carboxylic acids is 1. The average molecular weight is 359 g/mol. The number of hydrogen-bond donors (Lipinski definition) is 2. The van der Waals surface area contributed by atoms with E-state index in [1.165, 1.54) is 17.0 Å². The summed E-state index contributed by atoms with van der Waals surface area (Å²) in [5.74, 6) is -1.28. The molecule has 1 aromatic rings. The number of halogens is 2. The second-order valence-electron chi connectivity index (χ2n) is 5.47. The van der Waals surface area contributed by atoms with Crippen LogP contribution in [-0.2, 0) is 11.3 Å². The predicted molar refractivity (Wildman–Crippen MR) is 78.3 cm³/mol. The fourth-order valence-electron chi connectivity index (χ4n) is 2.31. The number of benzene rings is 1. The summed E-state index contributed by atoms with van der Waals surface area (Å²) in [5.41, 5.74) is -0.255. The molecule has 0 radical (unpaired) electrons. The first kappa shape index (κ1) is 15.8. The van der Waals surface area contributed by atoms with Gasteiger partial charge in [0.1, 0.15) is 5.82 Å². The molecule has 0 aliphatic carbocycles. The van der Waals surface area contributed by atoms with Crippen molar-refractivity contribution >= 4 is 27.9 Å². The first-order chi connectivity index (χ1) is 9.80. The Kier molecular flexibility index (Phi) is 4.51.